The normalized spacial score (nSPS) is 15.6. The van der Waals surface area contributed by atoms with E-state index in [1.54, 1.807) is 17.0 Å². The van der Waals surface area contributed by atoms with E-state index in [2.05, 4.69) is 0 Å². The maximum Gasteiger partial charge on any atom is 0.310 e. The molecule has 0 unspecified atom stereocenters. The molecule has 0 aliphatic carbocycles. The zero-order valence-corrected chi connectivity index (χ0v) is 17.3. The maximum absolute atomic E-state index is 12.9. The van der Waals surface area contributed by atoms with Crippen molar-refractivity contribution >= 4 is 17.3 Å². The minimum atomic E-state index is -0.518. The molecule has 1 fully saturated rings. The Bertz CT molecular complexity index is 863. The zero-order chi connectivity index (χ0) is 21.5. The number of carbonyl (C=O) groups is 1. The average molecular weight is 413 g/mol. The molecule has 1 heterocycles. The van der Waals surface area contributed by atoms with Crippen molar-refractivity contribution in [2.75, 3.05) is 38.8 Å². The molecule has 0 bridgehead atoms. The van der Waals surface area contributed by atoms with Crippen LogP contribution in [0.5, 0.6) is 5.75 Å². The number of hydrogen-bond acceptors (Lipinski definition) is 6. The molecule has 30 heavy (non-hydrogen) atoms. The molecular weight excluding hydrogens is 386 g/mol. The molecule has 2 aromatic rings. The van der Waals surface area contributed by atoms with Gasteiger partial charge in [0.2, 0.25) is 0 Å². The van der Waals surface area contributed by atoms with Crippen LogP contribution in [-0.4, -0.2) is 55.7 Å². The van der Waals surface area contributed by atoms with E-state index in [0.717, 1.165) is 24.1 Å². The summed E-state index contributed by atoms with van der Waals surface area (Å²) < 4.78 is 11.2. The fraction of sp³-hybridized carbons (Fsp3) is 0.409. The van der Waals surface area contributed by atoms with Crippen LogP contribution in [0.3, 0.4) is 0 Å². The molecule has 2 aromatic carbocycles. The van der Waals surface area contributed by atoms with Crippen molar-refractivity contribution in [2.24, 2.45) is 0 Å². The summed E-state index contributed by atoms with van der Waals surface area (Å²) in [6.45, 7) is 1.32. The Balaban J connectivity index is 1.69. The van der Waals surface area contributed by atoms with Gasteiger partial charge < -0.3 is 19.3 Å². The highest BCUT2D eigenvalue weighted by molar-refractivity contribution is 5.78. The summed E-state index contributed by atoms with van der Waals surface area (Å²) in [6.07, 6.45) is 1.90. The molecule has 0 spiro atoms. The molecule has 1 amide bonds. The second kappa shape index (κ2) is 10.1. The minimum Gasteiger partial charge on any atom is -0.477 e. The van der Waals surface area contributed by atoms with Gasteiger partial charge in [0.05, 0.1) is 11.0 Å². The third-order valence-electron chi connectivity index (χ3n) is 5.04. The summed E-state index contributed by atoms with van der Waals surface area (Å²) >= 11 is 0. The molecule has 1 saturated heterocycles. The monoisotopic (exact) mass is 413 g/mol. The maximum atomic E-state index is 12.9. The number of nitro benzene ring substituents is 1. The van der Waals surface area contributed by atoms with E-state index in [1.165, 1.54) is 12.1 Å². The Morgan fingerprint density at radius 3 is 2.57 bits per heavy atom. The molecule has 0 N–H and O–H groups in total. The highest BCUT2D eigenvalue weighted by Crippen LogP contribution is 2.26. The van der Waals surface area contributed by atoms with Crippen LogP contribution >= 0.6 is 0 Å². The number of benzene rings is 2. The second-order valence-electron chi connectivity index (χ2n) is 7.48. The highest BCUT2D eigenvalue weighted by Gasteiger charge is 2.24. The smallest absolute Gasteiger partial charge is 0.310 e. The number of ether oxygens (including phenoxy) is 2. The van der Waals surface area contributed by atoms with E-state index < -0.39 is 4.92 Å². The highest BCUT2D eigenvalue weighted by atomic mass is 16.6. The zero-order valence-electron chi connectivity index (χ0n) is 17.3. The van der Waals surface area contributed by atoms with Gasteiger partial charge in [0.25, 0.3) is 5.91 Å². The second-order valence-corrected chi connectivity index (χ2v) is 7.48. The summed E-state index contributed by atoms with van der Waals surface area (Å²) in [5.41, 5.74) is 1.92. The molecule has 1 aliphatic rings. The SMILES string of the molecule is CN(C)c1ccc(CN(C[C@@H]2CCCO2)C(=O)COc2ccccc2[N+](=O)[O-])cc1. The number of amides is 1. The standard InChI is InChI=1S/C22H27N3O5/c1-23(2)18-11-9-17(10-12-18)14-24(15-19-6-5-13-29-19)22(26)16-30-21-8-4-3-7-20(21)25(27)28/h3-4,7-12,19H,5-6,13-16H2,1-2H3/t19-/m0/s1. The van der Waals surface area contributed by atoms with Crippen LogP contribution in [0.25, 0.3) is 0 Å². The molecule has 0 aromatic heterocycles. The summed E-state index contributed by atoms with van der Waals surface area (Å²) in [7, 11) is 3.95. The minimum absolute atomic E-state index is 0.000981. The molecule has 8 nitrogen and oxygen atoms in total. The van der Waals surface area contributed by atoms with Gasteiger partial charge in [-0.05, 0) is 36.6 Å². The van der Waals surface area contributed by atoms with Crippen molar-refractivity contribution in [3.05, 3.63) is 64.2 Å². The lowest BCUT2D eigenvalue weighted by Gasteiger charge is -2.26. The number of carbonyl (C=O) groups excluding carboxylic acids is 1. The molecule has 1 aliphatic heterocycles. The van der Waals surface area contributed by atoms with Crippen molar-refractivity contribution < 1.29 is 19.2 Å². The average Bonchev–Trinajstić information content (AvgIpc) is 3.25. The van der Waals surface area contributed by atoms with E-state index >= 15 is 0 Å². The van der Waals surface area contributed by atoms with Crippen LogP contribution in [0.15, 0.2) is 48.5 Å². The van der Waals surface area contributed by atoms with Crippen LogP contribution in [0.2, 0.25) is 0 Å². The Labute approximate surface area is 176 Å². The fourth-order valence-electron chi connectivity index (χ4n) is 3.37. The van der Waals surface area contributed by atoms with Crippen LogP contribution in [0.1, 0.15) is 18.4 Å². The third kappa shape index (κ3) is 5.70. The Morgan fingerprint density at radius 2 is 1.93 bits per heavy atom. The van der Waals surface area contributed by atoms with Crippen LogP contribution in [-0.2, 0) is 16.1 Å². The first-order valence-corrected chi connectivity index (χ1v) is 9.96. The Kier molecular flexibility index (Phi) is 7.24. The van der Waals surface area contributed by atoms with Gasteiger partial charge in [-0.2, -0.15) is 0 Å². The number of anilines is 1. The predicted octanol–water partition coefficient (Wildman–Crippen LogP) is 3.25. The van der Waals surface area contributed by atoms with Crippen LogP contribution < -0.4 is 9.64 Å². The van der Waals surface area contributed by atoms with Crippen molar-refractivity contribution in [3.63, 3.8) is 0 Å². The van der Waals surface area contributed by atoms with Crippen LogP contribution in [0, 0.1) is 10.1 Å². The fourth-order valence-corrected chi connectivity index (χ4v) is 3.37. The lowest BCUT2D eigenvalue weighted by atomic mass is 10.1. The predicted molar refractivity (Wildman–Crippen MR) is 114 cm³/mol. The van der Waals surface area contributed by atoms with E-state index in [4.69, 9.17) is 9.47 Å². The third-order valence-corrected chi connectivity index (χ3v) is 5.04. The van der Waals surface area contributed by atoms with Crippen molar-refractivity contribution in [1.29, 1.82) is 0 Å². The Morgan fingerprint density at radius 1 is 1.20 bits per heavy atom. The van der Waals surface area contributed by atoms with Crippen LogP contribution in [0.4, 0.5) is 11.4 Å². The number of nitro groups is 1. The molecule has 8 heteroatoms. The topological polar surface area (TPSA) is 85.2 Å². The summed E-state index contributed by atoms with van der Waals surface area (Å²) in [4.78, 5) is 27.3. The van der Waals surface area contributed by atoms with E-state index in [0.29, 0.717) is 19.7 Å². The summed E-state index contributed by atoms with van der Waals surface area (Å²) in [5, 5.41) is 11.2. The molecule has 1 atom stereocenters. The van der Waals surface area contributed by atoms with E-state index in [-0.39, 0.29) is 30.1 Å². The molecule has 0 saturated carbocycles. The molecule has 3 rings (SSSR count). The van der Waals surface area contributed by atoms with Crippen molar-refractivity contribution in [1.82, 2.24) is 4.90 Å². The van der Waals surface area contributed by atoms with Gasteiger partial charge in [0.15, 0.2) is 12.4 Å². The first kappa shape index (κ1) is 21.6. The number of nitrogens with zero attached hydrogens (tertiary/aromatic N) is 3. The first-order valence-electron chi connectivity index (χ1n) is 9.96. The molecule has 0 radical (unpaired) electrons. The Hall–Kier alpha value is -3.13. The molecular formula is C22H27N3O5. The van der Waals surface area contributed by atoms with Gasteiger partial charge in [-0.1, -0.05) is 24.3 Å². The van der Waals surface area contributed by atoms with E-state index in [9.17, 15) is 14.9 Å². The number of hydrogen-bond donors (Lipinski definition) is 0. The largest absolute Gasteiger partial charge is 0.477 e. The summed E-state index contributed by atoms with van der Waals surface area (Å²) in [5.74, 6) is -0.149. The number of para-hydroxylation sites is 2. The van der Waals surface area contributed by atoms with Gasteiger partial charge in [0.1, 0.15) is 0 Å². The van der Waals surface area contributed by atoms with Crippen molar-refractivity contribution in [3.8, 4) is 5.75 Å². The quantitative estimate of drug-likeness (QED) is 0.463. The van der Waals surface area contributed by atoms with Gasteiger partial charge >= 0.3 is 5.69 Å². The van der Waals surface area contributed by atoms with Gasteiger partial charge in [-0.25, -0.2) is 0 Å². The van der Waals surface area contributed by atoms with Crippen molar-refractivity contribution in [2.45, 2.75) is 25.5 Å². The summed E-state index contributed by atoms with van der Waals surface area (Å²) in [6, 6.07) is 14.1. The lowest BCUT2D eigenvalue weighted by Crippen LogP contribution is -2.39. The first-order chi connectivity index (χ1) is 14.4. The van der Waals surface area contributed by atoms with Gasteiger partial charge in [-0.15, -0.1) is 0 Å². The van der Waals surface area contributed by atoms with Gasteiger partial charge in [0, 0.05) is 45.5 Å². The van der Waals surface area contributed by atoms with Gasteiger partial charge in [-0.3, -0.25) is 14.9 Å². The molecule has 160 valence electrons. The lowest BCUT2D eigenvalue weighted by molar-refractivity contribution is -0.385. The number of rotatable bonds is 9. The van der Waals surface area contributed by atoms with E-state index in [1.807, 2.05) is 43.3 Å².